The summed E-state index contributed by atoms with van der Waals surface area (Å²) in [4.78, 5) is 11.4. The Morgan fingerprint density at radius 3 is 2.82 bits per heavy atom. The average Bonchev–Trinajstić information content (AvgIpc) is 2.94. The van der Waals surface area contributed by atoms with Crippen LogP contribution in [-0.2, 0) is 0 Å². The fraction of sp³-hybridized carbons (Fsp3) is 0.600. The summed E-state index contributed by atoms with van der Waals surface area (Å²) < 4.78 is 26.9. The van der Waals surface area contributed by atoms with E-state index in [1.165, 1.54) is 6.33 Å². The molecule has 2 aromatic rings. The Morgan fingerprint density at radius 1 is 1.32 bits per heavy atom. The van der Waals surface area contributed by atoms with E-state index in [0.29, 0.717) is 28.5 Å². The van der Waals surface area contributed by atoms with E-state index in [1.54, 1.807) is 6.20 Å². The van der Waals surface area contributed by atoms with Crippen molar-refractivity contribution in [3.05, 3.63) is 18.1 Å². The Hall–Kier alpha value is -1.76. The molecule has 0 radical (unpaired) electrons. The van der Waals surface area contributed by atoms with Crippen molar-refractivity contribution in [2.24, 2.45) is 0 Å². The number of H-pyrrole nitrogens is 1. The van der Waals surface area contributed by atoms with Crippen LogP contribution in [0, 0.1) is 0 Å². The molecule has 3 heterocycles. The minimum absolute atomic E-state index is 0.0865. The zero-order chi connectivity index (χ0) is 15.3. The molecule has 1 aliphatic carbocycles. The van der Waals surface area contributed by atoms with Crippen LogP contribution in [0.5, 0.6) is 0 Å². The Balaban J connectivity index is 1.64. The highest BCUT2D eigenvalue weighted by Crippen LogP contribution is 2.57. The highest BCUT2D eigenvalue weighted by atomic mass is 19.3. The van der Waals surface area contributed by atoms with Crippen LogP contribution in [0.1, 0.15) is 37.7 Å². The maximum Gasteiger partial charge on any atom is 0.256 e. The maximum atomic E-state index is 13.4. The lowest BCUT2D eigenvalue weighted by molar-refractivity contribution is 0.112. The molecule has 1 saturated carbocycles. The zero-order valence-corrected chi connectivity index (χ0v) is 12.4. The SMILES string of the molecule is C[C@H]1CC[C@@H](Nc2ncnc3[nH]cc(C4CC4(F)F)c23)CN1. The normalized spacial score (nSPS) is 30.4. The minimum Gasteiger partial charge on any atom is -0.365 e. The van der Waals surface area contributed by atoms with Crippen molar-refractivity contribution in [1.82, 2.24) is 20.3 Å². The van der Waals surface area contributed by atoms with Crippen molar-refractivity contribution >= 4 is 16.9 Å². The lowest BCUT2D eigenvalue weighted by Gasteiger charge is -2.28. The molecule has 1 saturated heterocycles. The van der Waals surface area contributed by atoms with Crippen molar-refractivity contribution in [2.75, 3.05) is 11.9 Å². The van der Waals surface area contributed by atoms with Gasteiger partial charge in [0.1, 0.15) is 17.8 Å². The zero-order valence-electron chi connectivity index (χ0n) is 12.4. The molecule has 118 valence electrons. The first-order valence-corrected chi connectivity index (χ1v) is 7.74. The van der Waals surface area contributed by atoms with Gasteiger partial charge < -0.3 is 15.6 Å². The maximum absolute atomic E-state index is 13.4. The summed E-state index contributed by atoms with van der Waals surface area (Å²) in [5.41, 5.74) is 1.24. The number of alkyl halides is 2. The number of aromatic amines is 1. The van der Waals surface area contributed by atoms with Crippen LogP contribution in [0.15, 0.2) is 12.5 Å². The molecule has 5 nitrogen and oxygen atoms in total. The Labute approximate surface area is 126 Å². The Bertz CT molecular complexity index is 690. The molecule has 0 bridgehead atoms. The van der Waals surface area contributed by atoms with E-state index < -0.39 is 11.8 Å². The van der Waals surface area contributed by atoms with Crippen molar-refractivity contribution < 1.29 is 8.78 Å². The van der Waals surface area contributed by atoms with Crippen molar-refractivity contribution in [1.29, 1.82) is 0 Å². The number of anilines is 1. The first-order valence-electron chi connectivity index (χ1n) is 7.74. The van der Waals surface area contributed by atoms with Gasteiger partial charge in [0.05, 0.1) is 11.3 Å². The third-order valence-electron chi connectivity index (χ3n) is 4.70. The molecule has 0 aromatic carbocycles. The molecule has 3 N–H and O–H groups in total. The van der Waals surface area contributed by atoms with Crippen LogP contribution >= 0.6 is 0 Å². The van der Waals surface area contributed by atoms with Gasteiger partial charge in [-0.25, -0.2) is 18.7 Å². The quantitative estimate of drug-likeness (QED) is 0.815. The Kier molecular flexibility index (Phi) is 3.07. The van der Waals surface area contributed by atoms with E-state index in [4.69, 9.17) is 0 Å². The van der Waals surface area contributed by atoms with Crippen LogP contribution in [0.3, 0.4) is 0 Å². The summed E-state index contributed by atoms with van der Waals surface area (Å²) in [5.74, 6) is -2.65. The minimum atomic E-state index is -2.59. The summed E-state index contributed by atoms with van der Waals surface area (Å²) in [6.07, 6.45) is 5.16. The van der Waals surface area contributed by atoms with E-state index in [-0.39, 0.29) is 12.5 Å². The molecule has 2 aromatic heterocycles. The predicted octanol–water partition coefficient (Wildman–Crippen LogP) is 2.63. The van der Waals surface area contributed by atoms with Crippen LogP contribution in [0.2, 0.25) is 0 Å². The van der Waals surface area contributed by atoms with Gasteiger partial charge in [0.2, 0.25) is 0 Å². The molecule has 4 rings (SSSR count). The molecule has 3 atom stereocenters. The van der Waals surface area contributed by atoms with Gasteiger partial charge in [-0.05, 0) is 25.3 Å². The number of aromatic nitrogens is 3. The van der Waals surface area contributed by atoms with E-state index in [2.05, 4.69) is 32.5 Å². The van der Waals surface area contributed by atoms with Crippen molar-refractivity contribution in [3.8, 4) is 0 Å². The predicted molar refractivity (Wildman–Crippen MR) is 80.3 cm³/mol. The second-order valence-electron chi connectivity index (χ2n) is 6.44. The van der Waals surface area contributed by atoms with E-state index in [0.717, 1.165) is 19.4 Å². The standard InChI is InChI=1S/C15H19F2N5/c1-8-2-3-9(5-18-8)22-14-12-10(11-4-15(11,16)17)6-19-13(12)20-7-21-14/h6-9,11,18H,2-5H2,1H3,(H2,19,20,21,22)/t8-,9+,11?/m0/s1. The summed E-state index contributed by atoms with van der Waals surface area (Å²) >= 11 is 0. The summed E-state index contributed by atoms with van der Waals surface area (Å²) in [6.45, 7) is 3.02. The number of piperidine rings is 1. The molecule has 0 amide bonds. The first kappa shape index (κ1) is 13.9. The van der Waals surface area contributed by atoms with Gasteiger partial charge in [0, 0.05) is 31.2 Å². The first-order chi connectivity index (χ1) is 10.5. The number of hydrogen-bond donors (Lipinski definition) is 3. The topological polar surface area (TPSA) is 65.6 Å². The second-order valence-corrected chi connectivity index (χ2v) is 6.44. The molecular weight excluding hydrogens is 288 g/mol. The number of nitrogens with one attached hydrogen (secondary N) is 3. The van der Waals surface area contributed by atoms with Gasteiger partial charge in [-0.3, -0.25) is 0 Å². The number of hydrogen-bond acceptors (Lipinski definition) is 4. The molecular formula is C15H19F2N5. The highest BCUT2D eigenvalue weighted by molar-refractivity contribution is 5.91. The van der Waals surface area contributed by atoms with Gasteiger partial charge in [-0.1, -0.05) is 0 Å². The largest absolute Gasteiger partial charge is 0.365 e. The molecule has 1 aliphatic heterocycles. The van der Waals surface area contributed by atoms with Crippen molar-refractivity contribution in [2.45, 2.75) is 50.1 Å². The second kappa shape index (κ2) is 4.87. The fourth-order valence-corrected chi connectivity index (χ4v) is 3.24. The van der Waals surface area contributed by atoms with E-state index in [1.807, 2.05) is 0 Å². The van der Waals surface area contributed by atoms with Gasteiger partial charge in [0.15, 0.2) is 0 Å². The lowest BCUT2D eigenvalue weighted by Crippen LogP contribution is -2.43. The van der Waals surface area contributed by atoms with Gasteiger partial charge in [-0.2, -0.15) is 0 Å². The average molecular weight is 307 g/mol. The highest BCUT2D eigenvalue weighted by Gasteiger charge is 2.58. The van der Waals surface area contributed by atoms with E-state index in [9.17, 15) is 8.78 Å². The number of fused-ring (bicyclic) bond motifs is 1. The fourth-order valence-electron chi connectivity index (χ4n) is 3.24. The Morgan fingerprint density at radius 2 is 2.14 bits per heavy atom. The molecule has 1 unspecified atom stereocenters. The van der Waals surface area contributed by atoms with Gasteiger partial charge >= 0.3 is 0 Å². The van der Waals surface area contributed by atoms with Gasteiger partial charge in [0.25, 0.3) is 5.92 Å². The smallest absolute Gasteiger partial charge is 0.256 e. The molecule has 0 spiro atoms. The van der Waals surface area contributed by atoms with Gasteiger partial charge in [-0.15, -0.1) is 0 Å². The molecule has 22 heavy (non-hydrogen) atoms. The van der Waals surface area contributed by atoms with Crippen LogP contribution in [-0.4, -0.2) is 39.5 Å². The third-order valence-corrected chi connectivity index (χ3v) is 4.70. The molecule has 2 aliphatic rings. The number of rotatable bonds is 3. The number of halogens is 2. The molecule has 7 heteroatoms. The molecule has 2 fully saturated rings. The third kappa shape index (κ3) is 2.33. The van der Waals surface area contributed by atoms with E-state index >= 15 is 0 Å². The van der Waals surface area contributed by atoms with Crippen molar-refractivity contribution in [3.63, 3.8) is 0 Å². The summed E-state index contributed by atoms with van der Waals surface area (Å²) in [6, 6.07) is 0.785. The van der Waals surface area contributed by atoms with Crippen LogP contribution < -0.4 is 10.6 Å². The summed E-state index contributed by atoms with van der Waals surface area (Å²) in [7, 11) is 0. The van der Waals surface area contributed by atoms with Crippen LogP contribution in [0.4, 0.5) is 14.6 Å². The monoisotopic (exact) mass is 307 g/mol. The lowest BCUT2D eigenvalue weighted by atomic mass is 10.0. The summed E-state index contributed by atoms with van der Waals surface area (Å²) in [5, 5.41) is 7.54. The number of nitrogens with zero attached hydrogens (tertiary/aromatic N) is 2. The van der Waals surface area contributed by atoms with Crippen LogP contribution in [0.25, 0.3) is 11.0 Å².